The van der Waals surface area contributed by atoms with Crippen molar-refractivity contribution in [2.75, 3.05) is 30.9 Å². The molecule has 1 amide bonds. The number of anilines is 2. The monoisotopic (exact) mass is 333 g/mol. The third kappa shape index (κ3) is 5.33. The van der Waals surface area contributed by atoms with Gasteiger partial charge in [0.2, 0.25) is 5.91 Å². The summed E-state index contributed by atoms with van der Waals surface area (Å²) >= 11 is 1.19. The Bertz CT molecular complexity index is 660. The van der Waals surface area contributed by atoms with Gasteiger partial charge in [-0.1, -0.05) is 30.0 Å². The maximum atomic E-state index is 11.8. The minimum Gasteiger partial charge on any atom is -0.496 e. The Labute approximate surface area is 138 Å². The van der Waals surface area contributed by atoms with Crippen LogP contribution in [0, 0.1) is 0 Å². The summed E-state index contributed by atoms with van der Waals surface area (Å²) in [6.45, 7) is 0.527. The molecule has 0 bridgehead atoms. The molecule has 2 rings (SSSR count). The largest absolute Gasteiger partial charge is 0.496 e. The van der Waals surface area contributed by atoms with Gasteiger partial charge in [0, 0.05) is 12.6 Å². The number of carbonyl (C=O) groups excluding carboxylic acids is 1. The first-order valence-corrected chi connectivity index (χ1v) is 7.98. The van der Waals surface area contributed by atoms with Crippen LogP contribution < -0.4 is 21.5 Å². The maximum Gasteiger partial charge on any atom is 0.230 e. The molecule has 23 heavy (non-hydrogen) atoms. The van der Waals surface area contributed by atoms with E-state index in [-0.39, 0.29) is 23.3 Å². The summed E-state index contributed by atoms with van der Waals surface area (Å²) in [5.74, 6) is 1.50. The van der Waals surface area contributed by atoms with Crippen LogP contribution in [0.3, 0.4) is 0 Å². The van der Waals surface area contributed by atoms with Crippen LogP contribution in [0.2, 0.25) is 0 Å². The van der Waals surface area contributed by atoms with Crippen LogP contribution in [0.15, 0.2) is 35.5 Å². The first kappa shape index (κ1) is 16.9. The molecule has 0 aliphatic heterocycles. The highest BCUT2D eigenvalue weighted by molar-refractivity contribution is 7.99. The van der Waals surface area contributed by atoms with Crippen LogP contribution in [0.1, 0.15) is 5.56 Å². The number of nitrogens with two attached hydrogens (primary N) is 2. The Morgan fingerprint density at radius 3 is 2.65 bits per heavy atom. The van der Waals surface area contributed by atoms with Crippen molar-refractivity contribution in [1.82, 2.24) is 15.3 Å². The summed E-state index contributed by atoms with van der Waals surface area (Å²) in [6.07, 6.45) is 0.697. The average Bonchev–Trinajstić information content (AvgIpc) is 2.52. The minimum absolute atomic E-state index is 0.102. The first-order chi connectivity index (χ1) is 11.1. The van der Waals surface area contributed by atoms with Crippen molar-refractivity contribution < 1.29 is 9.53 Å². The fraction of sp³-hybridized carbons (Fsp3) is 0.267. The molecular formula is C15H19N5O2S. The van der Waals surface area contributed by atoms with E-state index in [9.17, 15) is 4.79 Å². The van der Waals surface area contributed by atoms with Crippen LogP contribution in [-0.2, 0) is 11.2 Å². The zero-order valence-electron chi connectivity index (χ0n) is 12.8. The van der Waals surface area contributed by atoms with Crippen LogP contribution in [0.4, 0.5) is 11.6 Å². The van der Waals surface area contributed by atoms with E-state index in [1.165, 1.54) is 17.8 Å². The van der Waals surface area contributed by atoms with Crippen molar-refractivity contribution in [2.45, 2.75) is 11.6 Å². The van der Waals surface area contributed by atoms with Gasteiger partial charge in [0.05, 0.1) is 12.9 Å². The van der Waals surface area contributed by atoms with Crippen molar-refractivity contribution in [3.63, 3.8) is 0 Å². The van der Waals surface area contributed by atoms with E-state index in [0.29, 0.717) is 18.1 Å². The van der Waals surface area contributed by atoms with Gasteiger partial charge >= 0.3 is 0 Å². The molecule has 0 saturated heterocycles. The maximum absolute atomic E-state index is 11.8. The molecule has 0 spiro atoms. The Kier molecular flexibility index (Phi) is 6.04. The van der Waals surface area contributed by atoms with Crippen LogP contribution in [0.5, 0.6) is 5.75 Å². The topological polar surface area (TPSA) is 116 Å². The SMILES string of the molecule is COc1ccccc1CCNC(=O)CSc1nc(N)cc(N)n1. The zero-order valence-corrected chi connectivity index (χ0v) is 13.6. The van der Waals surface area contributed by atoms with E-state index in [4.69, 9.17) is 16.2 Å². The van der Waals surface area contributed by atoms with Crippen molar-refractivity contribution in [2.24, 2.45) is 0 Å². The average molecular weight is 333 g/mol. The number of rotatable bonds is 7. The normalized spacial score (nSPS) is 10.3. The Hall–Kier alpha value is -2.48. The van der Waals surface area contributed by atoms with Crippen molar-refractivity contribution in [3.05, 3.63) is 35.9 Å². The third-order valence-corrected chi connectivity index (χ3v) is 3.83. The van der Waals surface area contributed by atoms with Crippen molar-refractivity contribution >= 4 is 29.3 Å². The van der Waals surface area contributed by atoms with E-state index >= 15 is 0 Å². The highest BCUT2D eigenvalue weighted by Gasteiger charge is 2.07. The predicted molar refractivity (Wildman–Crippen MR) is 91.3 cm³/mol. The molecule has 1 aromatic heterocycles. The summed E-state index contributed by atoms with van der Waals surface area (Å²) in [5, 5.41) is 3.24. The molecule has 122 valence electrons. The molecule has 0 radical (unpaired) electrons. The number of aromatic nitrogens is 2. The van der Waals surface area contributed by atoms with Crippen LogP contribution >= 0.6 is 11.8 Å². The Morgan fingerprint density at radius 1 is 1.26 bits per heavy atom. The fourth-order valence-corrected chi connectivity index (χ4v) is 2.66. The van der Waals surface area contributed by atoms with E-state index in [0.717, 1.165) is 11.3 Å². The molecule has 0 unspecified atom stereocenters. The smallest absolute Gasteiger partial charge is 0.230 e. The zero-order chi connectivity index (χ0) is 16.7. The fourth-order valence-electron chi connectivity index (χ4n) is 1.95. The Balaban J connectivity index is 1.77. The minimum atomic E-state index is -0.102. The van der Waals surface area contributed by atoms with Gasteiger partial charge in [-0.3, -0.25) is 4.79 Å². The number of nitrogen functional groups attached to an aromatic ring is 2. The summed E-state index contributed by atoms with van der Waals surface area (Å²) < 4.78 is 5.27. The lowest BCUT2D eigenvalue weighted by molar-refractivity contribution is -0.118. The number of nitrogens with one attached hydrogen (secondary N) is 1. The molecular weight excluding hydrogens is 314 g/mol. The molecule has 0 saturated carbocycles. The number of amides is 1. The predicted octanol–water partition coefficient (Wildman–Crippen LogP) is 1.10. The van der Waals surface area contributed by atoms with E-state index in [1.807, 2.05) is 24.3 Å². The second kappa shape index (κ2) is 8.23. The molecule has 1 heterocycles. The Morgan fingerprint density at radius 2 is 1.96 bits per heavy atom. The molecule has 8 heteroatoms. The van der Waals surface area contributed by atoms with Gasteiger partial charge in [-0.15, -0.1) is 0 Å². The molecule has 0 aliphatic rings. The number of benzene rings is 1. The van der Waals surface area contributed by atoms with Gasteiger partial charge in [-0.25, -0.2) is 9.97 Å². The number of nitrogens with zero attached hydrogens (tertiary/aromatic N) is 2. The number of ether oxygens (including phenoxy) is 1. The lowest BCUT2D eigenvalue weighted by Gasteiger charge is -2.09. The van der Waals surface area contributed by atoms with Crippen LogP contribution in [-0.4, -0.2) is 35.3 Å². The van der Waals surface area contributed by atoms with E-state index < -0.39 is 0 Å². The summed E-state index contributed by atoms with van der Waals surface area (Å²) in [5.41, 5.74) is 12.2. The summed E-state index contributed by atoms with van der Waals surface area (Å²) in [7, 11) is 1.63. The first-order valence-electron chi connectivity index (χ1n) is 7.00. The van der Waals surface area contributed by atoms with Gasteiger partial charge in [0.15, 0.2) is 5.16 Å². The van der Waals surface area contributed by atoms with E-state index in [1.54, 1.807) is 7.11 Å². The quantitative estimate of drug-likeness (QED) is 0.513. The lowest BCUT2D eigenvalue weighted by atomic mass is 10.1. The number of para-hydroxylation sites is 1. The number of carbonyl (C=O) groups is 1. The van der Waals surface area contributed by atoms with Gasteiger partial charge in [0.1, 0.15) is 17.4 Å². The number of hydrogen-bond donors (Lipinski definition) is 3. The summed E-state index contributed by atoms with van der Waals surface area (Å²) in [6, 6.07) is 9.20. The highest BCUT2D eigenvalue weighted by Crippen LogP contribution is 2.18. The van der Waals surface area contributed by atoms with Crippen LogP contribution in [0.25, 0.3) is 0 Å². The van der Waals surface area contributed by atoms with E-state index in [2.05, 4.69) is 15.3 Å². The van der Waals surface area contributed by atoms with Gasteiger partial charge in [-0.05, 0) is 18.1 Å². The van der Waals surface area contributed by atoms with Crippen molar-refractivity contribution in [3.8, 4) is 5.75 Å². The molecule has 7 nitrogen and oxygen atoms in total. The number of thioether (sulfide) groups is 1. The lowest BCUT2D eigenvalue weighted by Crippen LogP contribution is -2.27. The highest BCUT2D eigenvalue weighted by atomic mass is 32.2. The molecule has 0 aliphatic carbocycles. The van der Waals surface area contributed by atoms with Gasteiger partial charge < -0.3 is 21.5 Å². The molecule has 0 atom stereocenters. The van der Waals surface area contributed by atoms with Crippen molar-refractivity contribution in [1.29, 1.82) is 0 Å². The second-order valence-electron chi connectivity index (χ2n) is 4.70. The number of methoxy groups -OCH3 is 1. The van der Waals surface area contributed by atoms with Gasteiger partial charge in [0.25, 0.3) is 0 Å². The summed E-state index contributed by atoms with van der Waals surface area (Å²) in [4.78, 5) is 19.9. The van der Waals surface area contributed by atoms with Gasteiger partial charge in [-0.2, -0.15) is 0 Å². The molecule has 2 aromatic rings. The number of hydrogen-bond acceptors (Lipinski definition) is 7. The second-order valence-corrected chi connectivity index (χ2v) is 5.64. The molecule has 1 aromatic carbocycles. The molecule has 5 N–H and O–H groups in total. The molecule has 0 fully saturated rings. The third-order valence-electron chi connectivity index (χ3n) is 2.99. The standard InChI is InChI=1S/C15H19N5O2S/c1-22-11-5-3-2-4-10(11)6-7-18-14(21)9-23-15-19-12(16)8-13(17)20-15/h2-5,8H,6-7,9H2,1H3,(H,18,21)(H4,16,17,19,20).